The van der Waals surface area contributed by atoms with Crippen LogP contribution in [0.4, 0.5) is 8.78 Å². The van der Waals surface area contributed by atoms with E-state index in [2.05, 4.69) is 31.9 Å². The molecule has 0 aliphatic heterocycles. The Morgan fingerprint density at radius 2 is 2.07 bits per heavy atom. The highest BCUT2D eigenvalue weighted by Gasteiger charge is 2.17. The van der Waals surface area contributed by atoms with Gasteiger partial charge in [0.1, 0.15) is 0 Å². The molecule has 1 rings (SSSR count). The smallest absolute Gasteiger partial charge is 0.264 e. The van der Waals surface area contributed by atoms with Gasteiger partial charge in [-0.15, -0.1) is 0 Å². The molecule has 0 N–H and O–H groups in total. The van der Waals surface area contributed by atoms with Gasteiger partial charge in [0.05, 0.1) is 0 Å². The quantitative estimate of drug-likeness (QED) is 0.587. The maximum Gasteiger partial charge on any atom is 0.264 e. The Kier molecular flexibility index (Phi) is 4.86. The van der Waals surface area contributed by atoms with Gasteiger partial charge in [0.25, 0.3) is 6.43 Å². The molecular weight excluding hydrogens is 334 g/mol. The van der Waals surface area contributed by atoms with Crippen LogP contribution in [-0.4, -0.2) is 11.1 Å². The van der Waals surface area contributed by atoms with Crippen molar-refractivity contribution in [2.45, 2.75) is 12.8 Å². The predicted octanol–water partition coefficient (Wildman–Crippen LogP) is 4.35. The summed E-state index contributed by atoms with van der Waals surface area (Å²) in [4.78, 5) is 11.5. The molecule has 1 aromatic rings. The fraction of sp³-hybridized carbons (Fsp3) is 0.300. The topological polar surface area (TPSA) is 17.1 Å². The first-order chi connectivity index (χ1) is 7.07. The number of rotatable bonds is 4. The largest absolute Gasteiger partial charge is 0.294 e. The number of halogens is 4. The van der Waals surface area contributed by atoms with E-state index in [0.717, 1.165) is 0 Å². The summed E-state index contributed by atoms with van der Waals surface area (Å²) in [5.41, 5.74) is 0.169. The van der Waals surface area contributed by atoms with Crippen LogP contribution in [0, 0.1) is 0 Å². The zero-order valence-electron chi connectivity index (χ0n) is 7.64. The lowest BCUT2D eigenvalue weighted by Crippen LogP contribution is -2.02. The number of benzene rings is 1. The van der Waals surface area contributed by atoms with Gasteiger partial charge >= 0.3 is 0 Å². The van der Waals surface area contributed by atoms with Crippen LogP contribution >= 0.6 is 31.9 Å². The molecule has 82 valence electrons. The van der Waals surface area contributed by atoms with Crippen molar-refractivity contribution in [3.8, 4) is 0 Å². The highest BCUT2D eigenvalue weighted by Crippen LogP contribution is 2.30. The van der Waals surface area contributed by atoms with Crippen molar-refractivity contribution < 1.29 is 13.6 Å². The average Bonchev–Trinajstić information content (AvgIpc) is 2.17. The normalized spacial score (nSPS) is 10.7. The number of carbonyl (C=O) groups excluding carboxylic acids is 1. The molecule has 1 aromatic carbocycles. The first-order valence-electron chi connectivity index (χ1n) is 4.23. The maximum atomic E-state index is 12.5. The number of hydrogen-bond acceptors (Lipinski definition) is 1. The molecule has 0 spiro atoms. The van der Waals surface area contributed by atoms with E-state index in [9.17, 15) is 13.6 Å². The van der Waals surface area contributed by atoms with Crippen molar-refractivity contribution in [1.29, 1.82) is 0 Å². The summed E-state index contributed by atoms with van der Waals surface area (Å²) in [6.45, 7) is 0. The lowest BCUT2D eigenvalue weighted by molar-refractivity contribution is 0.0988. The summed E-state index contributed by atoms with van der Waals surface area (Å²) in [6.07, 6.45) is -2.28. The SMILES string of the molecule is O=C(CCBr)c1cccc(C(F)F)c1Br. The molecule has 0 amide bonds. The Morgan fingerprint density at radius 3 is 2.60 bits per heavy atom. The van der Waals surface area contributed by atoms with Crippen LogP contribution in [0.5, 0.6) is 0 Å². The second kappa shape index (κ2) is 5.70. The van der Waals surface area contributed by atoms with Gasteiger partial charge in [0.15, 0.2) is 5.78 Å². The number of ketones is 1. The fourth-order valence-corrected chi connectivity index (χ4v) is 2.17. The first kappa shape index (κ1) is 12.8. The van der Waals surface area contributed by atoms with Gasteiger partial charge in [-0.2, -0.15) is 0 Å². The summed E-state index contributed by atoms with van der Waals surface area (Å²) < 4.78 is 25.2. The highest BCUT2D eigenvalue weighted by atomic mass is 79.9. The van der Waals surface area contributed by atoms with Gasteiger partial charge in [0, 0.05) is 27.4 Å². The Labute approximate surface area is 103 Å². The van der Waals surface area contributed by atoms with Crippen LogP contribution in [0.1, 0.15) is 28.8 Å². The Morgan fingerprint density at radius 1 is 1.40 bits per heavy atom. The molecule has 0 fully saturated rings. The predicted molar refractivity (Wildman–Crippen MR) is 61.8 cm³/mol. The zero-order valence-corrected chi connectivity index (χ0v) is 10.8. The first-order valence-corrected chi connectivity index (χ1v) is 6.15. The van der Waals surface area contributed by atoms with Crippen LogP contribution in [0.2, 0.25) is 0 Å². The van der Waals surface area contributed by atoms with Gasteiger partial charge in [-0.05, 0) is 15.9 Å². The van der Waals surface area contributed by atoms with Gasteiger partial charge in [0.2, 0.25) is 0 Å². The molecule has 0 heterocycles. The maximum absolute atomic E-state index is 12.5. The molecule has 0 aliphatic carbocycles. The van der Waals surface area contributed by atoms with Crippen LogP contribution < -0.4 is 0 Å². The molecule has 15 heavy (non-hydrogen) atoms. The molecule has 0 unspecified atom stereocenters. The van der Waals surface area contributed by atoms with Crippen molar-refractivity contribution in [2.24, 2.45) is 0 Å². The molecule has 5 heteroatoms. The van der Waals surface area contributed by atoms with Gasteiger partial charge in [-0.3, -0.25) is 4.79 Å². The Bertz CT molecular complexity index is 366. The lowest BCUT2D eigenvalue weighted by atomic mass is 10.1. The third-order valence-electron chi connectivity index (χ3n) is 1.89. The van der Waals surface area contributed by atoms with Gasteiger partial charge in [-0.25, -0.2) is 8.78 Å². The summed E-state index contributed by atoms with van der Waals surface area (Å²) in [6, 6.07) is 4.31. The highest BCUT2D eigenvalue weighted by molar-refractivity contribution is 9.10. The summed E-state index contributed by atoms with van der Waals surface area (Å²) in [7, 11) is 0. The minimum absolute atomic E-state index is 0.143. The molecule has 0 aliphatic rings. The third kappa shape index (κ3) is 3.08. The molecule has 1 nitrogen and oxygen atoms in total. The molecule has 0 saturated heterocycles. The minimum Gasteiger partial charge on any atom is -0.294 e. The molecule has 0 bridgehead atoms. The van der Waals surface area contributed by atoms with Crippen LogP contribution in [0.25, 0.3) is 0 Å². The zero-order chi connectivity index (χ0) is 11.4. The number of alkyl halides is 3. The Balaban J connectivity index is 3.09. The minimum atomic E-state index is -2.57. The number of Topliss-reactive ketones (excluding diaryl/α,β-unsaturated/α-hetero) is 1. The van der Waals surface area contributed by atoms with Crippen molar-refractivity contribution in [1.82, 2.24) is 0 Å². The standard InChI is InChI=1S/C10H8Br2F2O/c11-5-4-8(15)6-2-1-3-7(9(6)12)10(13)14/h1-3,10H,4-5H2. The van der Waals surface area contributed by atoms with Crippen molar-refractivity contribution in [3.63, 3.8) is 0 Å². The summed E-state index contributed by atoms with van der Waals surface area (Å²) >= 11 is 6.17. The lowest BCUT2D eigenvalue weighted by Gasteiger charge is -2.07. The van der Waals surface area contributed by atoms with E-state index in [1.807, 2.05) is 0 Å². The molecule has 0 saturated carbocycles. The van der Waals surface area contributed by atoms with Gasteiger partial charge in [-0.1, -0.05) is 34.1 Å². The number of carbonyl (C=O) groups is 1. The van der Waals surface area contributed by atoms with E-state index in [1.54, 1.807) is 6.07 Å². The fourth-order valence-electron chi connectivity index (χ4n) is 1.15. The van der Waals surface area contributed by atoms with E-state index < -0.39 is 6.43 Å². The third-order valence-corrected chi connectivity index (χ3v) is 3.17. The second-order valence-electron chi connectivity index (χ2n) is 2.87. The molecule has 0 atom stereocenters. The van der Waals surface area contributed by atoms with E-state index in [1.165, 1.54) is 12.1 Å². The van der Waals surface area contributed by atoms with Crippen LogP contribution in [0.15, 0.2) is 22.7 Å². The van der Waals surface area contributed by atoms with E-state index in [0.29, 0.717) is 17.3 Å². The average molecular weight is 342 g/mol. The van der Waals surface area contributed by atoms with Crippen molar-refractivity contribution >= 4 is 37.6 Å². The van der Waals surface area contributed by atoms with Crippen LogP contribution in [-0.2, 0) is 0 Å². The summed E-state index contributed by atoms with van der Waals surface area (Å²) in [5.74, 6) is -0.152. The monoisotopic (exact) mass is 340 g/mol. The Hall–Kier alpha value is -0.290. The number of hydrogen-bond donors (Lipinski definition) is 0. The van der Waals surface area contributed by atoms with Crippen LogP contribution in [0.3, 0.4) is 0 Å². The van der Waals surface area contributed by atoms with E-state index >= 15 is 0 Å². The molecular formula is C10H8Br2F2O. The summed E-state index contributed by atoms with van der Waals surface area (Å²) in [5, 5.41) is 0.525. The van der Waals surface area contributed by atoms with E-state index in [4.69, 9.17) is 0 Å². The molecule has 0 aromatic heterocycles. The van der Waals surface area contributed by atoms with Crippen molar-refractivity contribution in [2.75, 3.05) is 5.33 Å². The van der Waals surface area contributed by atoms with Crippen molar-refractivity contribution in [3.05, 3.63) is 33.8 Å². The van der Waals surface area contributed by atoms with Gasteiger partial charge < -0.3 is 0 Å². The molecule has 0 radical (unpaired) electrons. The second-order valence-corrected chi connectivity index (χ2v) is 4.46. The van der Waals surface area contributed by atoms with E-state index in [-0.39, 0.29) is 15.8 Å².